The van der Waals surface area contributed by atoms with Gasteiger partial charge >= 0.3 is 5.25 Å². The maximum Gasteiger partial charge on any atom is 0.348 e. The molecule has 12 saturated carbocycles. The van der Waals surface area contributed by atoms with Crippen LogP contribution in [0.1, 0.15) is 309 Å². The summed E-state index contributed by atoms with van der Waals surface area (Å²) in [4.78, 5) is 0.315. The summed E-state index contributed by atoms with van der Waals surface area (Å²) in [6.07, 6.45) is 40.9. The van der Waals surface area contributed by atoms with Crippen LogP contribution in [0.2, 0.25) is 0 Å². The Bertz CT molecular complexity index is 5160. The first-order valence-electron chi connectivity index (χ1n) is 52.5. The number of halogens is 2. The topological polar surface area (TPSA) is 345 Å². The van der Waals surface area contributed by atoms with Crippen molar-refractivity contribution >= 4 is 39.3 Å². The highest BCUT2D eigenvalue weighted by molar-refractivity contribution is 7.93. The summed E-state index contributed by atoms with van der Waals surface area (Å²) >= 11 is 0. The number of ether oxygens (including phenoxy) is 5. The molecule has 0 amide bonds. The van der Waals surface area contributed by atoms with Crippen LogP contribution in [0.25, 0.3) is 0 Å². The van der Waals surface area contributed by atoms with E-state index in [-0.39, 0.29) is 75.9 Å². The van der Waals surface area contributed by atoms with Crippen LogP contribution in [0, 0.1) is 69.0 Å². The molecule has 27 heteroatoms. The molecule has 8 N–H and O–H groups in total. The largest absolute Gasteiger partial charge is 0.497 e. The van der Waals surface area contributed by atoms with Gasteiger partial charge in [-0.05, 0) is 387 Å². The van der Waals surface area contributed by atoms with Crippen LogP contribution < -0.4 is 4.74 Å². The standard InChI is InChI=1S/C31H44O6S.C29H48O5S.C28H44F2O5S.C25H40O5S/c1-21-24(19-25(32)20-30(21)33)9-8-23-7-5-16-31(3)28(14-15-29(23)31)22(2)37-17-6-18-38(34,35)27-12-10-26(36-4)11-13-27;1-20-23(18-24(30)19-27(20)31)12-11-22-10-9-15-29(6)25(13-14-26(22)29)21(2)34-16-7-8-17-35(32,33)28(3,4)5;1-18-21(16-22(31)17-25(18)32)10-9-20-8-7-13-27(6)23(11-12-24(20)27)19(2)35-15-14-28(29,30)36(33,34)26(3,4)5;1-17-20(15-21(26)16-24(17)27)9-8-19-7-5-12-25(3)22(10-11-23(19)25)18(2)30-13-6-14-31(4,28)29/h8-13,22,25,28-30,32-33H,1,5-7,14-20H2,2-4H3;11-12,21,24-27,30-31H,1,7-10,13-19H2,2-6H3;9-10,19,22-25,31-32H,1,7-8,11-17H2,2-6H3;8-9,18,21-24,26-27H,1,5-7,10-16H2,2-4H3/b23-8+,24-9-;22-11+,23-12-;20-9+,21-10-;19-8+,20-9-/t22-,25?,28?,29?,30?,31-;21-,24?,25-,26+,27?,29-;19-,22?,23-,24+,25?,27-;18-,21?,22-,23+,24?,25-/m1111/s1. The maximum absolute atomic E-state index is 14.5. The van der Waals surface area contributed by atoms with Gasteiger partial charge in [0.2, 0.25) is 9.84 Å². The molecule has 140 heavy (non-hydrogen) atoms. The molecule has 10 unspecified atom stereocenters. The Morgan fingerprint density at radius 2 is 0.686 bits per heavy atom. The minimum absolute atomic E-state index is 0.0232. The van der Waals surface area contributed by atoms with E-state index in [1.54, 1.807) is 52.1 Å². The number of alkyl halides is 2. The van der Waals surface area contributed by atoms with Gasteiger partial charge in [-0.2, -0.15) is 8.78 Å². The van der Waals surface area contributed by atoms with Gasteiger partial charge in [-0.15, -0.1) is 0 Å². The van der Waals surface area contributed by atoms with Crippen molar-refractivity contribution in [3.8, 4) is 5.75 Å². The van der Waals surface area contributed by atoms with Gasteiger partial charge in [0.15, 0.2) is 19.7 Å². The first-order chi connectivity index (χ1) is 65.3. The Morgan fingerprint density at radius 1 is 0.400 bits per heavy atom. The Hall–Kier alpha value is -4.92. The van der Waals surface area contributed by atoms with Crippen molar-refractivity contribution in [2.45, 2.75) is 402 Å². The van der Waals surface area contributed by atoms with Gasteiger partial charge in [-0.3, -0.25) is 0 Å². The van der Waals surface area contributed by atoms with Crippen molar-refractivity contribution in [2.75, 3.05) is 57.1 Å². The van der Waals surface area contributed by atoms with Crippen LogP contribution in [0.3, 0.4) is 0 Å². The van der Waals surface area contributed by atoms with E-state index < -0.39 is 109 Å². The van der Waals surface area contributed by atoms with Crippen molar-refractivity contribution in [1.29, 1.82) is 0 Å². The number of aliphatic hydroxyl groups is 8. The van der Waals surface area contributed by atoms with E-state index >= 15 is 0 Å². The zero-order chi connectivity index (χ0) is 103. The average Bonchev–Trinajstić information content (AvgIpc) is 1.62. The fraction of sp³-hybridized carbons (Fsp3) is 0.735. The van der Waals surface area contributed by atoms with Crippen molar-refractivity contribution < 1.29 is 107 Å². The van der Waals surface area contributed by atoms with Crippen molar-refractivity contribution in [3.63, 3.8) is 0 Å². The molecule has 24 atom stereocenters. The summed E-state index contributed by atoms with van der Waals surface area (Å²) < 4.78 is 154. The smallest absolute Gasteiger partial charge is 0.348 e. The molecular formula is C113H176F2O21S4. The van der Waals surface area contributed by atoms with Crippen LogP contribution in [0.5, 0.6) is 5.75 Å². The lowest BCUT2D eigenvalue weighted by molar-refractivity contribution is -0.0443. The molecule has 21 nitrogen and oxygen atoms in total. The second kappa shape index (κ2) is 49.0. The van der Waals surface area contributed by atoms with E-state index in [9.17, 15) is 83.3 Å². The van der Waals surface area contributed by atoms with Crippen molar-refractivity contribution in [3.05, 3.63) is 166 Å². The fourth-order valence-corrected chi connectivity index (χ4v) is 30.8. The van der Waals surface area contributed by atoms with Gasteiger partial charge < -0.3 is 64.5 Å². The third-order valence-electron chi connectivity index (χ3n) is 35.0. The number of benzene rings is 1. The normalized spacial score (nSPS) is 35.3. The highest BCUT2D eigenvalue weighted by Gasteiger charge is 2.57. The summed E-state index contributed by atoms with van der Waals surface area (Å²) in [6, 6.07) is 6.53. The number of hydrogen-bond acceptors (Lipinski definition) is 21. The maximum atomic E-state index is 14.5. The lowest BCUT2D eigenvalue weighted by Crippen LogP contribution is -2.43. The Kier molecular flexibility index (Phi) is 41.0. The quantitative estimate of drug-likeness (QED) is 0.0320. The Labute approximate surface area is 840 Å². The molecular weight excluding hydrogens is 1860 g/mol. The summed E-state index contributed by atoms with van der Waals surface area (Å²) in [6.45, 7) is 44.4. The molecule has 13 rings (SSSR count). The van der Waals surface area contributed by atoms with Crippen LogP contribution >= 0.6 is 0 Å². The molecule has 0 radical (unpaired) electrons. The number of allylic oxidation sites excluding steroid dienone is 12. The molecule has 0 spiro atoms. The van der Waals surface area contributed by atoms with E-state index in [0.717, 1.165) is 142 Å². The first kappa shape index (κ1) is 117. The summed E-state index contributed by atoms with van der Waals surface area (Å²) in [5, 5.41) is 77.0. The summed E-state index contributed by atoms with van der Waals surface area (Å²) in [7, 11) is -12.4. The van der Waals surface area contributed by atoms with E-state index in [1.807, 2.05) is 13.0 Å². The molecule has 0 heterocycles. The zero-order valence-corrected chi connectivity index (χ0v) is 90.6. The van der Waals surface area contributed by atoms with Crippen LogP contribution in [-0.2, 0) is 58.3 Å². The second-order valence-electron chi connectivity index (χ2n) is 46.4. The second-order valence-corrected chi connectivity index (χ2v) is 56.5. The molecule has 0 aromatic heterocycles. The highest BCUT2D eigenvalue weighted by atomic mass is 32.2. The summed E-state index contributed by atoms with van der Waals surface area (Å²) in [5.41, 5.74) is 12.9. The Balaban J connectivity index is 0.000000193. The van der Waals surface area contributed by atoms with Gasteiger partial charge in [0.25, 0.3) is 0 Å². The predicted octanol–water partition coefficient (Wildman–Crippen LogP) is 20.6. The molecule has 0 aliphatic heterocycles. The third-order valence-corrected chi connectivity index (χ3v) is 43.1. The highest BCUT2D eigenvalue weighted by Crippen LogP contribution is 2.63. The molecule has 0 saturated heterocycles. The molecule has 12 aliphatic rings. The van der Waals surface area contributed by atoms with Gasteiger partial charge in [0.05, 0.1) is 119 Å². The third kappa shape index (κ3) is 28.8. The van der Waals surface area contributed by atoms with E-state index in [0.29, 0.717) is 148 Å². The molecule has 0 bridgehead atoms. The predicted molar refractivity (Wildman–Crippen MR) is 556 cm³/mol. The van der Waals surface area contributed by atoms with Crippen LogP contribution in [0.4, 0.5) is 8.78 Å². The number of hydrogen-bond donors (Lipinski definition) is 8. The van der Waals surface area contributed by atoms with Crippen molar-refractivity contribution in [1.82, 2.24) is 0 Å². The summed E-state index contributed by atoms with van der Waals surface area (Å²) in [5.74, 6) is 4.60. The molecule has 12 fully saturated rings. The number of unbranched alkanes of at least 4 members (excludes halogenated alkanes) is 1. The minimum Gasteiger partial charge on any atom is -0.497 e. The SMILES string of the molecule is C=C1/C(=C\C=C2/CCC[C@@]3(C)C2CCC3[C@@H](C)OCCCS(=O)(=O)c2ccc(OC)cc2)CC(O)CC1O.C=C1/C(=C\C=C2/CCC[C@]3(C)[C@@H]([C@@H](C)OCCC(F)(F)S(=O)(=O)C(C)(C)C)CC[C@@H]23)CC(O)CC1O.C=C1/C(=C\C=C2/CCC[C@]3(C)[C@@H]([C@@H](C)OCCCCS(=O)(=O)C(C)(C)C)CC[C@@H]23)CC(O)CC1O.C=C1/C(=C\C=C2/CCC[C@]3(C)[C@@H]([C@@H](C)OCCCS(C)(=O)=O)CC[C@@H]23)CC(O)CC1O. The monoisotopic (exact) mass is 2040 g/mol. The minimum atomic E-state index is -4.62. The van der Waals surface area contributed by atoms with Gasteiger partial charge in [0.1, 0.15) is 15.6 Å². The molecule has 12 aliphatic carbocycles. The number of rotatable bonds is 31. The van der Waals surface area contributed by atoms with Gasteiger partial charge in [-0.25, -0.2) is 33.7 Å². The number of sulfone groups is 4. The number of aliphatic hydroxyl groups excluding tert-OH is 8. The van der Waals surface area contributed by atoms with Crippen molar-refractivity contribution in [2.24, 2.45) is 69.0 Å². The lowest BCUT2D eigenvalue weighted by Gasteiger charge is -2.44. The first-order valence-corrected chi connectivity index (χ1v) is 59.3. The number of fused-ring (bicyclic) bond motifs is 4. The Morgan fingerprint density at radius 3 is 0.964 bits per heavy atom. The van der Waals surface area contributed by atoms with E-state index in [1.165, 1.54) is 81.4 Å². The molecule has 792 valence electrons. The number of methoxy groups -OCH3 is 1. The van der Waals surface area contributed by atoms with E-state index in [2.05, 4.69) is 117 Å². The van der Waals surface area contributed by atoms with Gasteiger partial charge in [-0.1, -0.05) is 125 Å². The van der Waals surface area contributed by atoms with Crippen LogP contribution in [0.15, 0.2) is 171 Å². The average molecular weight is 2040 g/mol. The fourth-order valence-electron chi connectivity index (χ4n) is 26.5. The van der Waals surface area contributed by atoms with E-state index in [4.69, 9.17) is 23.7 Å². The van der Waals surface area contributed by atoms with Gasteiger partial charge in [0, 0.05) is 58.2 Å². The molecule has 1 aromatic rings. The zero-order valence-electron chi connectivity index (χ0n) is 87.4. The molecule has 1 aromatic carbocycles. The van der Waals surface area contributed by atoms with Crippen LogP contribution in [-0.4, -0.2) is 220 Å². The lowest BCUT2D eigenvalue weighted by atomic mass is 9.62.